The third-order valence-corrected chi connectivity index (χ3v) is 1.96. The van der Waals surface area contributed by atoms with Crippen LogP contribution in [0.15, 0.2) is 55.1 Å². The number of benzene rings is 1. The summed E-state index contributed by atoms with van der Waals surface area (Å²) >= 11 is 0. The molecule has 0 atom stereocenters. The van der Waals surface area contributed by atoms with Gasteiger partial charge in [-0.3, -0.25) is 0 Å². The zero-order valence-corrected chi connectivity index (χ0v) is 8.40. The minimum absolute atomic E-state index is 0.795. The van der Waals surface area contributed by atoms with E-state index >= 15 is 0 Å². The van der Waals surface area contributed by atoms with Crippen molar-refractivity contribution in [3.8, 4) is 0 Å². The molecule has 0 amide bonds. The molecular weight excluding hydrogens is 170 g/mol. The quantitative estimate of drug-likeness (QED) is 0.566. The lowest BCUT2D eigenvalue weighted by molar-refractivity contribution is 1.56. The topological polar surface area (TPSA) is 26.0 Å². The normalized spacial score (nSPS) is 11.9. The highest BCUT2D eigenvalue weighted by Gasteiger charge is 1.92. The summed E-state index contributed by atoms with van der Waals surface area (Å²) in [6.45, 7) is 5.68. The van der Waals surface area contributed by atoms with Crippen molar-refractivity contribution in [2.45, 2.75) is 6.92 Å². The van der Waals surface area contributed by atoms with Gasteiger partial charge in [-0.25, -0.2) is 0 Å². The molecule has 0 bridgehead atoms. The van der Waals surface area contributed by atoms with E-state index in [1.807, 2.05) is 42.5 Å². The summed E-state index contributed by atoms with van der Waals surface area (Å²) in [5, 5.41) is 0. The van der Waals surface area contributed by atoms with Crippen molar-refractivity contribution in [1.29, 1.82) is 0 Å². The van der Waals surface area contributed by atoms with E-state index in [0.717, 1.165) is 5.69 Å². The van der Waals surface area contributed by atoms with Gasteiger partial charge in [0.05, 0.1) is 0 Å². The summed E-state index contributed by atoms with van der Waals surface area (Å²) in [6.07, 6.45) is 7.68. The van der Waals surface area contributed by atoms with Crippen LogP contribution in [0.4, 0.5) is 5.69 Å². The monoisotopic (exact) mass is 185 g/mol. The zero-order valence-electron chi connectivity index (χ0n) is 8.40. The molecule has 1 nitrogen and oxygen atoms in total. The standard InChI is InChI=1S/C13H15N/c1-3-4-5-6-11(2)12-7-9-13(14)10-8-12/h3-10H,1,14H2,2H3/b5-4-,11-6+. The molecular formula is C13H15N. The van der Waals surface area contributed by atoms with Gasteiger partial charge in [0.15, 0.2) is 0 Å². The lowest BCUT2D eigenvalue weighted by Crippen LogP contribution is -1.84. The number of allylic oxidation sites excluding steroid dienone is 5. The van der Waals surface area contributed by atoms with Crippen LogP contribution in [0.1, 0.15) is 12.5 Å². The van der Waals surface area contributed by atoms with E-state index in [1.54, 1.807) is 6.08 Å². The Morgan fingerprint density at radius 2 is 1.86 bits per heavy atom. The van der Waals surface area contributed by atoms with Crippen LogP contribution in [0.5, 0.6) is 0 Å². The van der Waals surface area contributed by atoms with E-state index in [1.165, 1.54) is 11.1 Å². The van der Waals surface area contributed by atoms with Gasteiger partial charge in [-0.15, -0.1) is 0 Å². The van der Waals surface area contributed by atoms with Gasteiger partial charge in [-0.05, 0) is 30.2 Å². The molecule has 0 heterocycles. The number of nitrogen functional groups attached to an aromatic ring is 1. The number of nitrogens with two attached hydrogens (primary N) is 1. The molecule has 14 heavy (non-hydrogen) atoms. The van der Waals surface area contributed by atoms with Crippen LogP contribution in [0.2, 0.25) is 0 Å². The fourth-order valence-corrected chi connectivity index (χ4v) is 1.12. The van der Waals surface area contributed by atoms with Crippen LogP contribution in [0.25, 0.3) is 5.57 Å². The Morgan fingerprint density at radius 3 is 2.43 bits per heavy atom. The maximum absolute atomic E-state index is 5.60. The van der Waals surface area contributed by atoms with Gasteiger partial charge in [0.25, 0.3) is 0 Å². The van der Waals surface area contributed by atoms with Crippen LogP contribution >= 0.6 is 0 Å². The summed E-state index contributed by atoms with van der Waals surface area (Å²) in [4.78, 5) is 0. The molecule has 1 aromatic carbocycles. The van der Waals surface area contributed by atoms with Crippen LogP contribution in [-0.4, -0.2) is 0 Å². The average Bonchev–Trinajstić information content (AvgIpc) is 2.19. The van der Waals surface area contributed by atoms with Crippen molar-refractivity contribution < 1.29 is 0 Å². The van der Waals surface area contributed by atoms with Gasteiger partial charge in [0.2, 0.25) is 0 Å². The van der Waals surface area contributed by atoms with Gasteiger partial charge < -0.3 is 5.73 Å². The fraction of sp³-hybridized carbons (Fsp3) is 0.0769. The van der Waals surface area contributed by atoms with E-state index in [0.29, 0.717) is 0 Å². The first-order chi connectivity index (χ1) is 6.74. The van der Waals surface area contributed by atoms with Crippen molar-refractivity contribution in [1.82, 2.24) is 0 Å². The molecule has 0 aliphatic rings. The second kappa shape index (κ2) is 5.07. The Hall–Kier alpha value is -1.76. The molecule has 0 aromatic heterocycles. The molecule has 0 aliphatic carbocycles. The number of hydrogen-bond acceptors (Lipinski definition) is 1. The lowest BCUT2D eigenvalue weighted by Gasteiger charge is -2.00. The summed E-state index contributed by atoms with van der Waals surface area (Å²) in [7, 11) is 0. The molecule has 1 heteroatoms. The summed E-state index contributed by atoms with van der Waals surface area (Å²) in [5.74, 6) is 0. The van der Waals surface area contributed by atoms with Crippen molar-refractivity contribution in [2.24, 2.45) is 0 Å². The van der Waals surface area contributed by atoms with Crippen molar-refractivity contribution in [3.05, 3.63) is 60.7 Å². The maximum atomic E-state index is 5.60. The highest BCUT2D eigenvalue weighted by molar-refractivity contribution is 5.66. The Balaban J connectivity index is 2.83. The summed E-state index contributed by atoms with van der Waals surface area (Å²) < 4.78 is 0. The SMILES string of the molecule is C=C/C=C\C=C(/C)c1ccc(N)cc1. The fourth-order valence-electron chi connectivity index (χ4n) is 1.12. The number of hydrogen-bond donors (Lipinski definition) is 1. The van der Waals surface area contributed by atoms with Gasteiger partial charge in [-0.2, -0.15) is 0 Å². The molecule has 0 fully saturated rings. The number of anilines is 1. The molecule has 1 rings (SSSR count). The Bertz CT molecular complexity index is 355. The van der Waals surface area contributed by atoms with E-state index in [9.17, 15) is 0 Å². The van der Waals surface area contributed by atoms with Crippen LogP contribution in [0.3, 0.4) is 0 Å². The van der Waals surface area contributed by atoms with Crippen molar-refractivity contribution in [3.63, 3.8) is 0 Å². The summed E-state index contributed by atoms with van der Waals surface area (Å²) in [5.41, 5.74) is 8.80. The predicted molar refractivity (Wildman–Crippen MR) is 63.8 cm³/mol. The third-order valence-electron chi connectivity index (χ3n) is 1.96. The Kier molecular flexibility index (Phi) is 3.74. The van der Waals surface area contributed by atoms with Gasteiger partial charge in [-0.1, -0.05) is 43.0 Å². The molecule has 0 saturated heterocycles. The van der Waals surface area contributed by atoms with Gasteiger partial charge in [0.1, 0.15) is 0 Å². The molecule has 0 saturated carbocycles. The second-order valence-corrected chi connectivity index (χ2v) is 3.09. The summed E-state index contributed by atoms with van der Waals surface area (Å²) in [6, 6.07) is 7.85. The van der Waals surface area contributed by atoms with Crippen LogP contribution in [-0.2, 0) is 0 Å². The minimum atomic E-state index is 0.795. The zero-order chi connectivity index (χ0) is 10.4. The largest absolute Gasteiger partial charge is 0.399 e. The average molecular weight is 185 g/mol. The first-order valence-corrected chi connectivity index (χ1v) is 4.56. The van der Waals surface area contributed by atoms with E-state index < -0.39 is 0 Å². The second-order valence-electron chi connectivity index (χ2n) is 3.09. The Labute approximate surface area is 85.3 Å². The van der Waals surface area contributed by atoms with E-state index in [-0.39, 0.29) is 0 Å². The first kappa shape index (κ1) is 10.3. The molecule has 1 aromatic rings. The molecule has 0 unspecified atom stereocenters. The molecule has 0 aliphatic heterocycles. The predicted octanol–water partition coefficient (Wildman–Crippen LogP) is 3.41. The molecule has 72 valence electrons. The highest BCUT2D eigenvalue weighted by atomic mass is 14.5. The highest BCUT2D eigenvalue weighted by Crippen LogP contribution is 2.15. The van der Waals surface area contributed by atoms with Crippen LogP contribution in [0, 0.1) is 0 Å². The minimum Gasteiger partial charge on any atom is -0.399 e. The molecule has 0 radical (unpaired) electrons. The van der Waals surface area contributed by atoms with E-state index in [2.05, 4.69) is 13.5 Å². The van der Waals surface area contributed by atoms with Crippen molar-refractivity contribution in [2.75, 3.05) is 5.73 Å². The molecule has 2 N–H and O–H groups in total. The third kappa shape index (κ3) is 2.94. The molecule has 0 spiro atoms. The Morgan fingerprint density at radius 1 is 1.21 bits per heavy atom. The smallest absolute Gasteiger partial charge is 0.0314 e. The maximum Gasteiger partial charge on any atom is 0.0314 e. The lowest BCUT2D eigenvalue weighted by atomic mass is 10.1. The van der Waals surface area contributed by atoms with Crippen LogP contribution < -0.4 is 5.73 Å². The van der Waals surface area contributed by atoms with Gasteiger partial charge in [0, 0.05) is 5.69 Å². The van der Waals surface area contributed by atoms with Crippen molar-refractivity contribution >= 4 is 11.3 Å². The first-order valence-electron chi connectivity index (χ1n) is 4.56. The van der Waals surface area contributed by atoms with E-state index in [4.69, 9.17) is 5.73 Å². The number of rotatable bonds is 3. The van der Waals surface area contributed by atoms with Gasteiger partial charge >= 0.3 is 0 Å².